The van der Waals surface area contributed by atoms with E-state index in [9.17, 15) is 0 Å². The summed E-state index contributed by atoms with van der Waals surface area (Å²) in [7, 11) is 1.73. The van der Waals surface area contributed by atoms with E-state index < -0.39 is 0 Å². The van der Waals surface area contributed by atoms with Crippen LogP contribution in [0, 0.1) is 23.7 Å². The Morgan fingerprint density at radius 3 is 2.00 bits per heavy atom. The van der Waals surface area contributed by atoms with Crippen molar-refractivity contribution >= 4 is 0 Å². The first-order valence-corrected chi connectivity index (χ1v) is 7.29. The molecule has 3 fully saturated rings. The molecule has 3 saturated carbocycles. The lowest BCUT2D eigenvalue weighted by Crippen LogP contribution is -2.15. The van der Waals surface area contributed by atoms with E-state index in [1.54, 1.807) is 45.6 Å². The van der Waals surface area contributed by atoms with Crippen molar-refractivity contribution in [2.75, 3.05) is 7.11 Å². The van der Waals surface area contributed by atoms with E-state index in [2.05, 4.69) is 13.8 Å². The number of hydrogen-bond acceptors (Lipinski definition) is 1. The Balaban J connectivity index is 0.000000142. The minimum Gasteiger partial charge on any atom is -0.382 e. The van der Waals surface area contributed by atoms with Crippen LogP contribution in [0.2, 0.25) is 0 Å². The first kappa shape index (κ1) is 12.4. The number of ether oxygens (including phenoxy) is 1. The molecule has 1 heteroatoms. The van der Waals surface area contributed by atoms with Gasteiger partial charge in [0.1, 0.15) is 0 Å². The van der Waals surface area contributed by atoms with Crippen LogP contribution in [-0.4, -0.2) is 13.2 Å². The molecular weight excluding hydrogens is 196 g/mol. The Morgan fingerprint density at radius 2 is 1.62 bits per heavy atom. The van der Waals surface area contributed by atoms with Gasteiger partial charge in [-0.3, -0.25) is 0 Å². The standard InChI is InChI=1S/C10H16.C5H12O/c1-2-9-7-4-5-8(6-7)10(9)3-1;1-4-5(2)6-3/h7-10H,1-6H2;5H,4H2,1-3H3. The molecule has 3 rings (SSSR count). The van der Waals surface area contributed by atoms with Gasteiger partial charge in [-0.1, -0.05) is 13.3 Å². The van der Waals surface area contributed by atoms with Crippen LogP contribution in [0.25, 0.3) is 0 Å². The number of fused-ring (bicyclic) bond motifs is 5. The Labute approximate surface area is 101 Å². The van der Waals surface area contributed by atoms with Gasteiger partial charge in [-0.05, 0) is 69.1 Å². The fourth-order valence-corrected chi connectivity index (χ4v) is 4.19. The summed E-state index contributed by atoms with van der Waals surface area (Å²) in [5.74, 6) is 4.80. The molecule has 94 valence electrons. The van der Waals surface area contributed by atoms with Crippen LogP contribution >= 0.6 is 0 Å². The summed E-state index contributed by atoms with van der Waals surface area (Å²) in [6.07, 6.45) is 11.1. The number of rotatable bonds is 2. The number of methoxy groups -OCH3 is 1. The Kier molecular flexibility index (Phi) is 4.29. The van der Waals surface area contributed by atoms with Crippen LogP contribution in [0.15, 0.2) is 0 Å². The van der Waals surface area contributed by atoms with Gasteiger partial charge in [0.2, 0.25) is 0 Å². The molecule has 0 aromatic rings. The molecule has 0 aliphatic heterocycles. The maximum absolute atomic E-state index is 4.90. The monoisotopic (exact) mass is 224 g/mol. The van der Waals surface area contributed by atoms with Crippen molar-refractivity contribution in [3.05, 3.63) is 0 Å². The topological polar surface area (TPSA) is 9.23 Å². The third-order valence-corrected chi connectivity index (χ3v) is 5.33. The quantitative estimate of drug-likeness (QED) is 0.681. The largest absolute Gasteiger partial charge is 0.382 e. The predicted octanol–water partition coefficient (Wildman–Crippen LogP) is 4.26. The highest BCUT2D eigenvalue weighted by Gasteiger charge is 2.48. The van der Waals surface area contributed by atoms with E-state index >= 15 is 0 Å². The molecule has 3 aliphatic rings. The molecule has 16 heavy (non-hydrogen) atoms. The van der Waals surface area contributed by atoms with E-state index in [4.69, 9.17) is 4.74 Å². The van der Waals surface area contributed by atoms with Gasteiger partial charge < -0.3 is 4.74 Å². The van der Waals surface area contributed by atoms with Crippen LogP contribution < -0.4 is 0 Å². The van der Waals surface area contributed by atoms with Crippen molar-refractivity contribution < 1.29 is 4.74 Å². The van der Waals surface area contributed by atoms with Gasteiger partial charge in [0, 0.05) is 7.11 Å². The van der Waals surface area contributed by atoms with Crippen molar-refractivity contribution in [3.8, 4) is 0 Å². The van der Waals surface area contributed by atoms with E-state index in [-0.39, 0.29) is 0 Å². The molecule has 0 radical (unpaired) electrons. The van der Waals surface area contributed by atoms with E-state index in [0.29, 0.717) is 6.10 Å². The van der Waals surface area contributed by atoms with Crippen molar-refractivity contribution in [2.45, 2.75) is 64.9 Å². The fourth-order valence-electron chi connectivity index (χ4n) is 4.19. The lowest BCUT2D eigenvalue weighted by Gasteiger charge is -2.23. The molecule has 0 aromatic carbocycles. The summed E-state index contributed by atoms with van der Waals surface area (Å²) in [6, 6.07) is 0. The van der Waals surface area contributed by atoms with Crippen LogP contribution in [0.4, 0.5) is 0 Å². The molecule has 5 unspecified atom stereocenters. The van der Waals surface area contributed by atoms with Crippen molar-refractivity contribution in [1.82, 2.24) is 0 Å². The zero-order valence-corrected chi connectivity index (χ0v) is 11.2. The maximum atomic E-state index is 4.90. The van der Waals surface area contributed by atoms with Gasteiger partial charge in [0.05, 0.1) is 6.10 Å². The minimum atomic E-state index is 0.435. The summed E-state index contributed by atoms with van der Waals surface area (Å²) in [4.78, 5) is 0. The molecule has 3 aliphatic carbocycles. The van der Waals surface area contributed by atoms with Crippen LogP contribution in [0.5, 0.6) is 0 Å². The molecule has 0 amide bonds. The maximum Gasteiger partial charge on any atom is 0.0540 e. The Morgan fingerprint density at radius 1 is 1.06 bits per heavy atom. The molecule has 0 spiro atoms. The summed E-state index contributed by atoms with van der Waals surface area (Å²) in [5, 5.41) is 0. The second kappa shape index (κ2) is 5.53. The third-order valence-electron chi connectivity index (χ3n) is 5.33. The molecule has 0 aromatic heterocycles. The first-order valence-electron chi connectivity index (χ1n) is 7.29. The van der Waals surface area contributed by atoms with Gasteiger partial charge in [0.15, 0.2) is 0 Å². The Hall–Kier alpha value is -0.0400. The average molecular weight is 224 g/mol. The molecule has 1 nitrogen and oxygen atoms in total. The van der Waals surface area contributed by atoms with Gasteiger partial charge in [-0.2, -0.15) is 0 Å². The van der Waals surface area contributed by atoms with Crippen LogP contribution in [0.3, 0.4) is 0 Å². The molecular formula is C15H28O. The normalized spacial score (nSPS) is 41.4. The molecule has 5 atom stereocenters. The molecule has 0 saturated heterocycles. The second-order valence-electron chi connectivity index (χ2n) is 6.05. The van der Waals surface area contributed by atoms with Crippen molar-refractivity contribution in [2.24, 2.45) is 23.7 Å². The smallest absolute Gasteiger partial charge is 0.0540 e. The average Bonchev–Trinajstić information content (AvgIpc) is 3.00. The van der Waals surface area contributed by atoms with E-state index in [1.807, 2.05) is 0 Å². The molecule has 0 heterocycles. The van der Waals surface area contributed by atoms with Gasteiger partial charge in [-0.25, -0.2) is 0 Å². The zero-order valence-electron chi connectivity index (χ0n) is 11.2. The van der Waals surface area contributed by atoms with Gasteiger partial charge in [0.25, 0.3) is 0 Å². The lowest BCUT2D eigenvalue weighted by atomic mass is 9.82. The van der Waals surface area contributed by atoms with E-state index in [1.165, 1.54) is 23.7 Å². The third kappa shape index (κ3) is 2.45. The molecule has 0 N–H and O–H groups in total. The SMILES string of the molecule is C1CC2C3CCC(C3)C2C1.CCC(C)OC. The van der Waals surface area contributed by atoms with Crippen LogP contribution in [0.1, 0.15) is 58.8 Å². The van der Waals surface area contributed by atoms with E-state index in [0.717, 1.165) is 6.42 Å². The molecule has 2 bridgehead atoms. The fraction of sp³-hybridized carbons (Fsp3) is 1.00. The highest BCUT2D eigenvalue weighted by Crippen LogP contribution is 2.58. The highest BCUT2D eigenvalue weighted by atomic mass is 16.5. The summed E-state index contributed by atoms with van der Waals surface area (Å²) in [5.41, 5.74) is 0. The number of hydrogen-bond donors (Lipinski definition) is 0. The predicted molar refractivity (Wildman–Crippen MR) is 68.4 cm³/mol. The first-order chi connectivity index (χ1) is 7.76. The second-order valence-corrected chi connectivity index (χ2v) is 6.05. The highest BCUT2D eigenvalue weighted by molar-refractivity contribution is 4.98. The summed E-state index contributed by atoms with van der Waals surface area (Å²) >= 11 is 0. The van der Waals surface area contributed by atoms with Crippen molar-refractivity contribution in [1.29, 1.82) is 0 Å². The summed E-state index contributed by atoms with van der Waals surface area (Å²) < 4.78 is 4.90. The van der Waals surface area contributed by atoms with Gasteiger partial charge in [-0.15, -0.1) is 0 Å². The lowest BCUT2D eigenvalue weighted by molar-refractivity contribution is 0.115. The minimum absolute atomic E-state index is 0.435. The summed E-state index contributed by atoms with van der Waals surface area (Å²) in [6.45, 7) is 4.16. The Bertz CT molecular complexity index is 193. The zero-order chi connectivity index (χ0) is 11.5. The van der Waals surface area contributed by atoms with Gasteiger partial charge >= 0.3 is 0 Å². The van der Waals surface area contributed by atoms with Crippen molar-refractivity contribution in [3.63, 3.8) is 0 Å². The van der Waals surface area contributed by atoms with Crippen LogP contribution in [-0.2, 0) is 4.74 Å².